The predicted octanol–water partition coefficient (Wildman–Crippen LogP) is 1.49. The first-order valence-corrected chi connectivity index (χ1v) is 5.88. The van der Waals surface area contributed by atoms with Crippen molar-refractivity contribution in [1.82, 2.24) is 15.3 Å². The fourth-order valence-corrected chi connectivity index (χ4v) is 1.67. The second kappa shape index (κ2) is 5.70. The smallest absolute Gasteiger partial charge is 0.0890 e. The average Bonchev–Trinajstić information content (AvgIpc) is 2.40. The van der Waals surface area contributed by atoms with E-state index in [1.54, 1.807) is 6.20 Å². The molecule has 0 fully saturated rings. The van der Waals surface area contributed by atoms with Gasteiger partial charge < -0.3 is 10.4 Å². The molecule has 1 atom stereocenters. The van der Waals surface area contributed by atoms with Crippen LogP contribution in [0.15, 0.2) is 30.5 Å². The largest absolute Gasteiger partial charge is 0.395 e. The van der Waals surface area contributed by atoms with Gasteiger partial charge in [-0.2, -0.15) is 0 Å². The van der Waals surface area contributed by atoms with Gasteiger partial charge in [-0.15, -0.1) is 0 Å². The Balaban J connectivity index is 2.09. The molecule has 0 saturated carbocycles. The van der Waals surface area contributed by atoms with Crippen LogP contribution in [-0.4, -0.2) is 27.7 Å². The van der Waals surface area contributed by atoms with Crippen LogP contribution < -0.4 is 5.32 Å². The number of nitrogens with one attached hydrogen (secondary N) is 1. The van der Waals surface area contributed by atoms with E-state index in [-0.39, 0.29) is 12.6 Å². The van der Waals surface area contributed by atoms with Crippen molar-refractivity contribution in [3.63, 3.8) is 0 Å². The Morgan fingerprint density at radius 2 is 2.06 bits per heavy atom. The fraction of sp³-hybridized carbons (Fsp3) is 0.385. The van der Waals surface area contributed by atoms with Crippen LogP contribution in [0.25, 0.3) is 11.0 Å². The van der Waals surface area contributed by atoms with Gasteiger partial charge in [-0.05, 0) is 18.6 Å². The number of aliphatic hydroxyl groups excluding tert-OH is 1. The van der Waals surface area contributed by atoms with Gasteiger partial charge in [0.25, 0.3) is 0 Å². The van der Waals surface area contributed by atoms with Gasteiger partial charge in [0.1, 0.15) is 0 Å². The predicted molar refractivity (Wildman–Crippen MR) is 67.5 cm³/mol. The second-order valence-corrected chi connectivity index (χ2v) is 4.02. The van der Waals surface area contributed by atoms with E-state index >= 15 is 0 Å². The first kappa shape index (κ1) is 12.0. The molecule has 0 spiro atoms. The lowest BCUT2D eigenvalue weighted by atomic mass is 10.2. The third kappa shape index (κ3) is 2.99. The molecule has 1 unspecified atom stereocenters. The van der Waals surface area contributed by atoms with Crippen molar-refractivity contribution in [1.29, 1.82) is 0 Å². The number of aliphatic hydroxyl groups is 1. The van der Waals surface area contributed by atoms with Crippen molar-refractivity contribution in [2.24, 2.45) is 0 Å². The van der Waals surface area contributed by atoms with E-state index in [9.17, 15) is 0 Å². The maximum absolute atomic E-state index is 9.08. The number of hydrogen-bond acceptors (Lipinski definition) is 4. The topological polar surface area (TPSA) is 58.0 Å². The summed E-state index contributed by atoms with van der Waals surface area (Å²) in [5.74, 6) is 0. The zero-order valence-electron chi connectivity index (χ0n) is 9.93. The average molecular weight is 231 g/mol. The number of para-hydroxylation sites is 2. The Kier molecular flexibility index (Phi) is 4.01. The third-order valence-corrected chi connectivity index (χ3v) is 2.78. The van der Waals surface area contributed by atoms with Crippen LogP contribution in [-0.2, 0) is 6.54 Å². The summed E-state index contributed by atoms with van der Waals surface area (Å²) in [6, 6.07) is 7.94. The zero-order valence-corrected chi connectivity index (χ0v) is 9.93. The molecule has 2 aromatic rings. The summed E-state index contributed by atoms with van der Waals surface area (Å²) in [5.41, 5.74) is 2.71. The molecule has 0 aliphatic carbocycles. The van der Waals surface area contributed by atoms with Crippen LogP contribution in [0, 0.1) is 0 Å². The quantitative estimate of drug-likeness (QED) is 0.818. The minimum atomic E-state index is 0.128. The van der Waals surface area contributed by atoms with E-state index in [4.69, 9.17) is 5.11 Å². The Bertz CT molecular complexity index is 483. The lowest BCUT2D eigenvalue weighted by Crippen LogP contribution is -2.31. The van der Waals surface area contributed by atoms with Crippen LogP contribution in [0.2, 0.25) is 0 Å². The highest BCUT2D eigenvalue weighted by Gasteiger charge is 2.04. The normalized spacial score (nSPS) is 12.8. The van der Waals surface area contributed by atoms with Crippen molar-refractivity contribution in [2.45, 2.75) is 25.9 Å². The monoisotopic (exact) mass is 231 g/mol. The number of fused-ring (bicyclic) bond motifs is 1. The first-order valence-electron chi connectivity index (χ1n) is 5.88. The molecule has 0 saturated heterocycles. The SMILES string of the molecule is CCC(CO)NCc1cnc2ccccc2n1. The van der Waals surface area contributed by atoms with Crippen molar-refractivity contribution >= 4 is 11.0 Å². The van der Waals surface area contributed by atoms with Gasteiger partial charge in [0.05, 0.1) is 29.5 Å². The van der Waals surface area contributed by atoms with Crippen molar-refractivity contribution in [2.75, 3.05) is 6.61 Å². The van der Waals surface area contributed by atoms with Gasteiger partial charge in [-0.25, -0.2) is 4.98 Å². The van der Waals surface area contributed by atoms with Gasteiger partial charge in [0.2, 0.25) is 0 Å². The van der Waals surface area contributed by atoms with Gasteiger partial charge in [0.15, 0.2) is 0 Å². The highest BCUT2D eigenvalue weighted by molar-refractivity contribution is 5.73. The van der Waals surface area contributed by atoms with Gasteiger partial charge in [-0.3, -0.25) is 4.98 Å². The summed E-state index contributed by atoms with van der Waals surface area (Å²) in [6.07, 6.45) is 2.68. The molecular weight excluding hydrogens is 214 g/mol. The molecule has 1 heterocycles. The number of nitrogens with zero attached hydrogens (tertiary/aromatic N) is 2. The molecule has 2 rings (SSSR count). The molecule has 0 aliphatic rings. The summed E-state index contributed by atoms with van der Waals surface area (Å²) in [5, 5.41) is 12.3. The number of benzene rings is 1. The Morgan fingerprint density at radius 1 is 1.29 bits per heavy atom. The van der Waals surface area contributed by atoms with Crippen molar-refractivity contribution in [3.05, 3.63) is 36.2 Å². The maximum atomic E-state index is 9.08. The van der Waals surface area contributed by atoms with E-state index in [0.717, 1.165) is 23.1 Å². The maximum Gasteiger partial charge on any atom is 0.0890 e. The van der Waals surface area contributed by atoms with Gasteiger partial charge >= 0.3 is 0 Å². The molecular formula is C13H17N3O. The molecule has 17 heavy (non-hydrogen) atoms. The summed E-state index contributed by atoms with van der Waals surface area (Å²) < 4.78 is 0. The summed E-state index contributed by atoms with van der Waals surface area (Å²) in [6.45, 7) is 2.83. The van der Waals surface area contributed by atoms with Gasteiger partial charge in [0, 0.05) is 12.6 Å². The Morgan fingerprint density at radius 3 is 2.76 bits per heavy atom. The van der Waals surface area contributed by atoms with Crippen LogP contribution >= 0.6 is 0 Å². The highest BCUT2D eigenvalue weighted by Crippen LogP contribution is 2.08. The number of rotatable bonds is 5. The molecule has 0 bridgehead atoms. The Hall–Kier alpha value is -1.52. The van der Waals surface area contributed by atoms with Crippen molar-refractivity contribution < 1.29 is 5.11 Å². The molecule has 1 aromatic heterocycles. The molecule has 4 heteroatoms. The summed E-state index contributed by atoms with van der Waals surface area (Å²) >= 11 is 0. The zero-order chi connectivity index (χ0) is 12.1. The van der Waals surface area contributed by atoms with E-state index < -0.39 is 0 Å². The molecule has 0 aliphatic heterocycles. The second-order valence-electron chi connectivity index (χ2n) is 4.02. The molecule has 4 nitrogen and oxygen atoms in total. The lowest BCUT2D eigenvalue weighted by molar-refractivity contribution is 0.238. The van der Waals surface area contributed by atoms with Crippen LogP contribution in [0.5, 0.6) is 0 Å². The van der Waals surface area contributed by atoms with Crippen LogP contribution in [0.4, 0.5) is 0 Å². The fourth-order valence-electron chi connectivity index (χ4n) is 1.67. The number of hydrogen-bond donors (Lipinski definition) is 2. The molecule has 2 N–H and O–H groups in total. The highest BCUT2D eigenvalue weighted by atomic mass is 16.3. The van der Waals surface area contributed by atoms with E-state index in [0.29, 0.717) is 6.54 Å². The third-order valence-electron chi connectivity index (χ3n) is 2.78. The minimum Gasteiger partial charge on any atom is -0.395 e. The number of aromatic nitrogens is 2. The summed E-state index contributed by atoms with van der Waals surface area (Å²) in [7, 11) is 0. The molecule has 90 valence electrons. The lowest BCUT2D eigenvalue weighted by Gasteiger charge is -2.13. The molecule has 1 aromatic carbocycles. The summed E-state index contributed by atoms with van der Waals surface area (Å²) in [4.78, 5) is 8.85. The minimum absolute atomic E-state index is 0.128. The van der Waals surface area contributed by atoms with E-state index in [1.807, 2.05) is 31.2 Å². The molecule has 0 amide bonds. The first-order chi connectivity index (χ1) is 8.33. The van der Waals surface area contributed by atoms with Gasteiger partial charge in [-0.1, -0.05) is 19.1 Å². The van der Waals surface area contributed by atoms with Crippen LogP contribution in [0.1, 0.15) is 19.0 Å². The van der Waals surface area contributed by atoms with Crippen molar-refractivity contribution in [3.8, 4) is 0 Å². The van der Waals surface area contributed by atoms with E-state index in [2.05, 4.69) is 15.3 Å². The standard InChI is InChI=1S/C13H17N3O/c1-2-10(9-17)14-7-11-8-15-12-5-3-4-6-13(12)16-11/h3-6,8,10,14,17H,2,7,9H2,1H3. The molecule has 0 radical (unpaired) electrons. The van der Waals surface area contributed by atoms with Crippen LogP contribution in [0.3, 0.4) is 0 Å². The Labute approximate surface area is 101 Å². The van der Waals surface area contributed by atoms with E-state index in [1.165, 1.54) is 0 Å².